The fraction of sp³-hybridized carbons (Fsp3) is 0.125. The maximum atomic E-state index is 12.8. The highest BCUT2D eigenvalue weighted by Crippen LogP contribution is 2.31. The number of carbonyl (C=O) groups is 1. The van der Waals surface area contributed by atoms with Gasteiger partial charge >= 0.3 is 6.18 Å². The van der Waals surface area contributed by atoms with E-state index >= 15 is 0 Å². The van der Waals surface area contributed by atoms with Gasteiger partial charge in [-0.25, -0.2) is 8.78 Å². The normalized spacial score (nSPS) is 11.5. The Morgan fingerprint density at radius 1 is 1.20 bits per heavy atom. The van der Waals surface area contributed by atoms with Gasteiger partial charge in [-0.2, -0.15) is 13.2 Å². The minimum Gasteiger partial charge on any atom is -0.366 e. The Balaban J connectivity index is 3.43. The van der Waals surface area contributed by atoms with Crippen LogP contribution in [0, 0.1) is 11.6 Å². The van der Waals surface area contributed by atoms with E-state index in [9.17, 15) is 26.7 Å². The van der Waals surface area contributed by atoms with Gasteiger partial charge in [0.25, 0.3) is 5.91 Å². The van der Waals surface area contributed by atoms with E-state index in [1.165, 1.54) is 0 Å². The maximum Gasteiger partial charge on any atom is 0.416 e. The lowest BCUT2D eigenvalue weighted by molar-refractivity contribution is -0.137. The SMILES string of the molecule is NC(=O)c1cc(C(F)(F)F)cc(F)c1F. The fourth-order valence-electron chi connectivity index (χ4n) is 0.932. The summed E-state index contributed by atoms with van der Waals surface area (Å²) in [5.41, 5.74) is 2.00. The van der Waals surface area contributed by atoms with Crippen LogP contribution in [-0.4, -0.2) is 5.91 Å². The van der Waals surface area contributed by atoms with Crippen molar-refractivity contribution in [2.45, 2.75) is 6.18 Å². The monoisotopic (exact) mass is 225 g/mol. The molecule has 7 heteroatoms. The Labute approximate surface area is 80.5 Å². The average molecular weight is 225 g/mol. The number of hydrogen-bond donors (Lipinski definition) is 1. The molecule has 1 aromatic carbocycles. The van der Waals surface area contributed by atoms with Crippen molar-refractivity contribution in [3.05, 3.63) is 34.9 Å². The highest BCUT2D eigenvalue weighted by molar-refractivity contribution is 5.93. The Morgan fingerprint density at radius 3 is 2.13 bits per heavy atom. The van der Waals surface area contributed by atoms with E-state index in [4.69, 9.17) is 0 Å². The first-order valence-electron chi connectivity index (χ1n) is 3.59. The smallest absolute Gasteiger partial charge is 0.366 e. The van der Waals surface area contributed by atoms with Crippen molar-refractivity contribution in [3.8, 4) is 0 Å². The standard InChI is InChI=1S/C8H4F5NO/c9-5-2-3(8(11,12)13)1-4(6(5)10)7(14)15/h1-2H,(H2,14,15). The van der Waals surface area contributed by atoms with Gasteiger partial charge in [-0.15, -0.1) is 0 Å². The van der Waals surface area contributed by atoms with Crippen LogP contribution in [0.5, 0.6) is 0 Å². The molecule has 0 aliphatic rings. The van der Waals surface area contributed by atoms with Crippen molar-refractivity contribution < 1.29 is 26.7 Å². The molecular formula is C8H4F5NO. The quantitative estimate of drug-likeness (QED) is 0.730. The highest BCUT2D eigenvalue weighted by Gasteiger charge is 2.33. The molecule has 82 valence electrons. The lowest BCUT2D eigenvalue weighted by Gasteiger charge is -2.08. The molecule has 2 nitrogen and oxygen atoms in total. The predicted octanol–water partition coefficient (Wildman–Crippen LogP) is 2.08. The second-order valence-electron chi connectivity index (χ2n) is 2.68. The van der Waals surface area contributed by atoms with E-state index in [0.717, 1.165) is 0 Å². The molecule has 15 heavy (non-hydrogen) atoms. The summed E-state index contributed by atoms with van der Waals surface area (Å²) >= 11 is 0. The summed E-state index contributed by atoms with van der Waals surface area (Å²) in [6, 6.07) is 0.127. The molecule has 0 aliphatic carbocycles. The van der Waals surface area contributed by atoms with E-state index in [-0.39, 0.29) is 12.1 Å². The van der Waals surface area contributed by atoms with Crippen molar-refractivity contribution in [1.82, 2.24) is 0 Å². The Kier molecular flexibility index (Phi) is 2.65. The molecule has 0 radical (unpaired) electrons. The molecule has 1 rings (SSSR count). The van der Waals surface area contributed by atoms with Gasteiger partial charge in [-0.05, 0) is 12.1 Å². The summed E-state index contributed by atoms with van der Waals surface area (Å²) in [5.74, 6) is -4.91. The molecule has 1 amide bonds. The minimum atomic E-state index is -4.86. The summed E-state index contributed by atoms with van der Waals surface area (Å²) in [5, 5.41) is 0. The number of benzene rings is 1. The summed E-state index contributed by atoms with van der Waals surface area (Å²) < 4.78 is 61.7. The second kappa shape index (κ2) is 3.48. The van der Waals surface area contributed by atoms with Crippen LogP contribution < -0.4 is 5.73 Å². The predicted molar refractivity (Wildman–Crippen MR) is 39.9 cm³/mol. The van der Waals surface area contributed by atoms with Crippen molar-refractivity contribution in [1.29, 1.82) is 0 Å². The van der Waals surface area contributed by atoms with Gasteiger partial charge in [0, 0.05) is 0 Å². The first-order valence-corrected chi connectivity index (χ1v) is 3.59. The number of rotatable bonds is 1. The Morgan fingerprint density at radius 2 is 1.73 bits per heavy atom. The fourth-order valence-corrected chi connectivity index (χ4v) is 0.932. The van der Waals surface area contributed by atoms with Gasteiger partial charge in [-0.3, -0.25) is 4.79 Å². The number of amides is 1. The number of alkyl halides is 3. The summed E-state index contributed by atoms with van der Waals surface area (Å²) in [7, 11) is 0. The van der Waals surface area contributed by atoms with Crippen molar-refractivity contribution >= 4 is 5.91 Å². The lowest BCUT2D eigenvalue weighted by Crippen LogP contribution is -2.17. The van der Waals surface area contributed by atoms with Gasteiger partial charge < -0.3 is 5.73 Å². The van der Waals surface area contributed by atoms with Crippen molar-refractivity contribution in [2.75, 3.05) is 0 Å². The van der Waals surface area contributed by atoms with Crippen molar-refractivity contribution in [3.63, 3.8) is 0 Å². The molecule has 0 bridgehead atoms. The van der Waals surface area contributed by atoms with Crippen LogP contribution in [0.1, 0.15) is 15.9 Å². The van der Waals surface area contributed by atoms with E-state index in [1.807, 2.05) is 0 Å². The van der Waals surface area contributed by atoms with Crippen LogP contribution in [0.3, 0.4) is 0 Å². The molecule has 0 saturated carbocycles. The molecule has 2 N–H and O–H groups in total. The minimum absolute atomic E-state index is 0.0399. The molecule has 1 aromatic rings. The third-order valence-electron chi connectivity index (χ3n) is 1.62. The highest BCUT2D eigenvalue weighted by atomic mass is 19.4. The number of halogens is 5. The molecule has 0 saturated heterocycles. The molecule has 0 spiro atoms. The van der Waals surface area contributed by atoms with Crippen LogP contribution in [0.4, 0.5) is 22.0 Å². The number of primary amides is 1. The van der Waals surface area contributed by atoms with Gasteiger partial charge in [0.1, 0.15) is 0 Å². The van der Waals surface area contributed by atoms with Crippen LogP contribution in [-0.2, 0) is 6.18 Å². The molecule has 0 aromatic heterocycles. The third-order valence-corrected chi connectivity index (χ3v) is 1.62. The van der Waals surface area contributed by atoms with Crippen molar-refractivity contribution in [2.24, 2.45) is 5.73 Å². The zero-order valence-electron chi connectivity index (χ0n) is 7.03. The molecule has 0 heterocycles. The molecule has 0 fully saturated rings. The number of hydrogen-bond acceptors (Lipinski definition) is 1. The van der Waals surface area contributed by atoms with Crippen LogP contribution in [0.25, 0.3) is 0 Å². The van der Waals surface area contributed by atoms with Crippen LogP contribution in [0.15, 0.2) is 12.1 Å². The summed E-state index contributed by atoms with van der Waals surface area (Å²) in [4.78, 5) is 10.5. The summed E-state index contributed by atoms with van der Waals surface area (Å²) in [6.45, 7) is 0. The zero-order chi connectivity index (χ0) is 11.8. The number of carbonyl (C=O) groups excluding carboxylic acids is 1. The lowest BCUT2D eigenvalue weighted by atomic mass is 10.1. The van der Waals surface area contributed by atoms with Gasteiger partial charge in [0.2, 0.25) is 0 Å². The van der Waals surface area contributed by atoms with Crippen LogP contribution >= 0.6 is 0 Å². The molecular weight excluding hydrogens is 221 g/mol. The van der Waals surface area contributed by atoms with Crippen LogP contribution in [0.2, 0.25) is 0 Å². The third kappa shape index (κ3) is 2.23. The van der Waals surface area contributed by atoms with E-state index in [0.29, 0.717) is 0 Å². The van der Waals surface area contributed by atoms with E-state index in [1.54, 1.807) is 0 Å². The van der Waals surface area contributed by atoms with Gasteiger partial charge in [-0.1, -0.05) is 0 Å². The first kappa shape index (κ1) is 11.4. The Hall–Kier alpha value is -1.66. The second-order valence-corrected chi connectivity index (χ2v) is 2.68. The molecule has 0 atom stereocenters. The van der Waals surface area contributed by atoms with E-state index < -0.39 is 34.8 Å². The largest absolute Gasteiger partial charge is 0.416 e. The topological polar surface area (TPSA) is 43.1 Å². The first-order chi connectivity index (χ1) is 6.73. The van der Waals surface area contributed by atoms with E-state index in [2.05, 4.69) is 5.73 Å². The Bertz CT molecular complexity index is 412. The number of nitrogens with two attached hydrogens (primary N) is 1. The van der Waals surface area contributed by atoms with Gasteiger partial charge in [0.15, 0.2) is 11.6 Å². The molecule has 0 aliphatic heterocycles. The zero-order valence-corrected chi connectivity index (χ0v) is 7.03. The summed E-state index contributed by atoms with van der Waals surface area (Å²) in [6.07, 6.45) is -4.86. The molecule has 0 unspecified atom stereocenters. The average Bonchev–Trinajstić information content (AvgIpc) is 2.06. The maximum absolute atomic E-state index is 12.8. The van der Waals surface area contributed by atoms with Gasteiger partial charge in [0.05, 0.1) is 11.1 Å².